The second-order valence-electron chi connectivity index (χ2n) is 3.38. The molecular weight excluding hydrogens is 234 g/mol. The van der Waals surface area contributed by atoms with Crippen molar-refractivity contribution >= 4 is 18.3 Å². The molecule has 1 amide bonds. The van der Waals surface area contributed by atoms with Gasteiger partial charge in [-0.25, -0.2) is 0 Å². The lowest BCUT2D eigenvalue weighted by molar-refractivity contribution is -0.220. The summed E-state index contributed by atoms with van der Waals surface area (Å²) in [4.78, 5) is 27.1. The summed E-state index contributed by atoms with van der Waals surface area (Å²) >= 11 is 0. The fourth-order valence-electron chi connectivity index (χ4n) is 1.27. The summed E-state index contributed by atoms with van der Waals surface area (Å²) in [6.07, 6.45) is 1.44. The Morgan fingerprint density at radius 1 is 1.44 bits per heavy atom. The van der Waals surface area contributed by atoms with Crippen molar-refractivity contribution in [3.8, 4) is 0 Å². The molecule has 0 aliphatic rings. The summed E-state index contributed by atoms with van der Waals surface area (Å²) in [6.45, 7) is 1.83. The number of rotatable bonds is 6. The molecule has 0 aliphatic carbocycles. The Morgan fingerprint density at radius 3 is 2.67 bits per heavy atom. The van der Waals surface area contributed by atoms with E-state index in [4.69, 9.17) is 4.84 Å². The molecule has 1 aromatic rings. The molecule has 5 nitrogen and oxygen atoms in total. The lowest BCUT2D eigenvalue weighted by atomic mass is 10.2. The predicted octanol–water partition coefficient (Wildman–Crippen LogP) is 0.997. The molecule has 0 saturated heterocycles. The number of carbonyl (C=O) groups excluding carboxylic acids is 2. The number of hydroxylamine groups is 2. The molecule has 0 bridgehead atoms. The van der Waals surface area contributed by atoms with Crippen LogP contribution in [0.2, 0.25) is 0 Å². The Bertz CT molecular complexity index is 416. The van der Waals surface area contributed by atoms with Gasteiger partial charge >= 0.3 is 0 Å². The van der Waals surface area contributed by atoms with Gasteiger partial charge in [-0.15, -0.1) is 0 Å². The van der Waals surface area contributed by atoms with Crippen LogP contribution in [0.4, 0.5) is 0 Å². The molecule has 1 rings (SSSR count). The first-order chi connectivity index (χ1) is 8.69. The number of aliphatic hydroxyl groups is 1. The van der Waals surface area contributed by atoms with Crippen LogP contribution in [0.15, 0.2) is 36.4 Å². The minimum atomic E-state index is -1.60. The van der Waals surface area contributed by atoms with Gasteiger partial charge in [-0.1, -0.05) is 30.3 Å². The van der Waals surface area contributed by atoms with Gasteiger partial charge in [0.15, 0.2) is 6.29 Å². The standard InChI is InChI=1S/C13H15NO4/c1-2-18-14(13(17)10-15)12(16)9-8-11-6-4-3-5-7-11/h3-10,13,17H,2H2,1H3. The van der Waals surface area contributed by atoms with Crippen molar-refractivity contribution in [2.75, 3.05) is 6.61 Å². The van der Waals surface area contributed by atoms with Crippen LogP contribution in [0.25, 0.3) is 6.08 Å². The molecule has 0 heterocycles. The van der Waals surface area contributed by atoms with E-state index in [0.29, 0.717) is 5.06 Å². The van der Waals surface area contributed by atoms with Crippen LogP contribution >= 0.6 is 0 Å². The minimum absolute atomic E-state index is 0.176. The number of aldehydes is 1. The molecule has 1 unspecified atom stereocenters. The normalized spacial score (nSPS) is 12.3. The van der Waals surface area contributed by atoms with Crippen LogP contribution in [0.1, 0.15) is 12.5 Å². The number of hydrogen-bond acceptors (Lipinski definition) is 4. The Labute approximate surface area is 105 Å². The van der Waals surface area contributed by atoms with Gasteiger partial charge in [-0.2, -0.15) is 5.06 Å². The Kier molecular flexibility index (Phi) is 5.76. The SMILES string of the molecule is CCON(C(=O)C=Cc1ccccc1)C(O)C=O. The highest BCUT2D eigenvalue weighted by molar-refractivity contribution is 5.92. The van der Waals surface area contributed by atoms with Gasteiger partial charge in [0.1, 0.15) is 0 Å². The molecule has 1 atom stereocenters. The van der Waals surface area contributed by atoms with Crippen LogP contribution in [-0.2, 0) is 14.4 Å². The van der Waals surface area contributed by atoms with Crippen molar-refractivity contribution in [3.05, 3.63) is 42.0 Å². The maximum absolute atomic E-state index is 11.7. The smallest absolute Gasteiger partial charge is 0.273 e. The minimum Gasteiger partial charge on any atom is -0.365 e. The summed E-state index contributed by atoms with van der Waals surface area (Å²) in [5, 5.41) is 9.93. The van der Waals surface area contributed by atoms with Gasteiger partial charge in [-0.05, 0) is 18.6 Å². The Hall–Kier alpha value is -1.98. The van der Waals surface area contributed by atoms with Crippen molar-refractivity contribution in [1.82, 2.24) is 5.06 Å². The third-order valence-corrected chi connectivity index (χ3v) is 2.07. The third-order valence-electron chi connectivity index (χ3n) is 2.07. The topological polar surface area (TPSA) is 66.8 Å². The molecule has 0 saturated carbocycles. The van der Waals surface area contributed by atoms with E-state index in [0.717, 1.165) is 5.56 Å². The van der Waals surface area contributed by atoms with E-state index < -0.39 is 12.1 Å². The van der Waals surface area contributed by atoms with Crippen molar-refractivity contribution in [2.24, 2.45) is 0 Å². The first kappa shape index (κ1) is 14.1. The summed E-state index contributed by atoms with van der Waals surface area (Å²) < 4.78 is 0. The third kappa shape index (κ3) is 4.12. The number of amides is 1. The van der Waals surface area contributed by atoms with E-state index in [9.17, 15) is 14.7 Å². The lowest BCUT2D eigenvalue weighted by Crippen LogP contribution is -2.40. The molecular formula is C13H15NO4. The quantitative estimate of drug-likeness (QED) is 0.353. The van der Waals surface area contributed by atoms with Crippen LogP contribution in [0, 0.1) is 0 Å². The Balaban J connectivity index is 2.72. The number of nitrogens with zero attached hydrogens (tertiary/aromatic N) is 1. The highest BCUT2D eigenvalue weighted by Gasteiger charge is 2.19. The first-order valence-corrected chi connectivity index (χ1v) is 5.51. The van der Waals surface area contributed by atoms with Crippen LogP contribution in [0.3, 0.4) is 0 Å². The van der Waals surface area contributed by atoms with Crippen molar-refractivity contribution in [3.63, 3.8) is 0 Å². The van der Waals surface area contributed by atoms with E-state index >= 15 is 0 Å². The molecule has 18 heavy (non-hydrogen) atoms. The second-order valence-corrected chi connectivity index (χ2v) is 3.38. The molecule has 0 fully saturated rings. The molecule has 1 N–H and O–H groups in total. The zero-order valence-corrected chi connectivity index (χ0v) is 10.0. The first-order valence-electron chi connectivity index (χ1n) is 5.51. The largest absolute Gasteiger partial charge is 0.365 e. The van der Waals surface area contributed by atoms with E-state index in [-0.39, 0.29) is 12.9 Å². The second kappa shape index (κ2) is 7.37. The van der Waals surface area contributed by atoms with E-state index in [1.54, 1.807) is 13.0 Å². The van der Waals surface area contributed by atoms with Gasteiger partial charge in [0.2, 0.25) is 6.23 Å². The number of carbonyl (C=O) groups is 2. The monoisotopic (exact) mass is 249 g/mol. The van der Waals surface area contributed by atoms with Gasteiger partial charge < -0.3 is 5.11 Å². The summed E-state index contributed by atoms with van der Waals surface area (Å²) in [6, 6.07) is 9.19. The average molecular weight is 249 g/mol. The predicted molar refractivity (Wildman–Crippen MR) is 66.0 cm³/mol. The van der Waals surface area contributed by atoms with Crippen LogP contribution in [-0.4, -0.2) is 35.2 Å². The summed E-state index contributed by atoms with van der Waals surface area (Å²) in [5.74, 6) is -0.597. The summed E-state index contributed by atoms with van der Waals surface area (Å²) in [5.41, 5.74) is 0.836. The van der Waals surface area contributed by atoms with Gasteiger partial charge in [0.25, 0.3) is 5.91 Å². The van der Waals surface area contributed by atoms with Crippen molar-refractivity contribution in [1.29, 1.82) is 0 Å². The fraction of sp³-hybridized carbons (Fsp3) is 0.231. The molecule has 1 aromatic carbocycles. The summed E-state index contributed by atoms with van der Waals surface area (Å²) in [7, 11) is 0. The average Bonchev–Trinajstić information content (AvgIpc) is 2.42. The molecule has 0 aliphatic heterocycles. The van der Waals surface area contributed by atoms with E-state index in [1.165, 1.54) is 6.08 Å². The van der Waals surface area contributed by atoms with Crippen molar-refractivity contribution < 1.29 is 19.5 Å². The van der Waals surface area contributed by atoms with E-state index in [1.807, 2.05) is 30.3 Å². The number of hydrogen-bond donors (Lipinski definition) is 1. The maximum Gasteiger partial charge on any atom is 0.273 e. The lowest BCUT2D eigenvalue weighted by Gasteiger charge is -2.21. The van der Waals surface area contributed by atoms with Gasteiger partial charge in [0.05, 0.1) is 6.61 Å². The number of aliphatic hydroxyl groups excluding tert-OH is 1. The highest BCUT2D eigenvalue weighted by atomic mass is 16.7. The molecule has 0 spiro atoms. The molecule has 0 aromatic heterocycles. The highest BCUT2D eigenvalue weighted by Crippen LogP contribution is 2.04. The molecule has 0 radical (unpaired) electrons. The number of benzene rings is 1. The fourth-order valence-corrected chi connectivity index (χ4v) is 1.27. The van der Waals surface area contributed by atoms with Gasteiger partial charge in [-0.3, -0.25) is 14.4 Å². The maximum atomic E-state index is 11.7. The van der Waals surface area contributed by atoms with Crippen LogP contribution in [0.5, 0.6) is 0 Å². The molecule has 96 valence electrons. The van der Waals surface area contributed by atoms with E-state index in [2.05, 4.69) is 0 Å². The van der Waals surface area contributed by atoms with Crippen molar-refractivity contribution in [2.45, 2.75) is 13.2 Å². The zero-order valence-electron chi connectivity index (χ0n) is 10.0. The molecule has 5 heteroatoms. The van der Waals surface area contributed by atoms with Crippen LogP contribution < -0.4 is 0 Å². The zero-order chi connectivity index (χ0) is 13.4. The Morgan fingerprint density at radius 2 is 2.11 bits per heavy atom. The van der Waals surface area contributed by atoms with Gasteiger partial charge in [0, 0.05) is 6.08 Å².